The van der Waals surface area contributed by atoms with E-state index in [4.69, 9.17) is 0 Å². The third-order valence-corrected chi connectivity index (χ3v) is 4.12. The van der Waals surface area contributed by atoms with Crippen molar-refractivity contribution in [2.75, 3.05) is 0 Å². The monoisotopic (exact) mass is 291 g/mol. The molecule has 5 heteroatoms. The van der Waals surface area contributed by atoms with E-state index in [1.54, 1.807) is 29.5 Å². The van der Waals surface area contributed by atoms with Crippen LogP contribution >= 0.6 is 11.3 Å². The van der Waals surface area contributed by atoms with Gasteiger partial charge in [0.1, 0.15) is 0 Å². The molecule has 106 valence electrons. The number of hydrogen-bond acceptors (Lipinski definition) is 4. The van der Waals surface area contributed by atoms with Gasteiger partial charge in [0.05, 0.1) is 11.0 Å². The van der Waals surface area contributed by atoms with Crippen LogP contribution in [-0.4, -0.2) is 16.1 Å². The van der Waals surface area contributed by atoms with Gasteiger partial charge in [-0.05, 0) is 30.7 Å². The van der Waals surface area contributed by atoms with E-state index in [1.807, 2.05) is 11.4 Å². The number of rotatable bonds is 7. The van der Waals surface area contributed by atoms with Gasteiger partial charge in [0.25, 0.3) is 5.69 Å². The van der Waals surface area contributed by atoms with Crippen LogP contribution < -0.4 is 0 Å². The first-order valence-electron chi connectivity index (χ1n) is 6.59. The summed E-state index contributed by atoms with van der Waals surface area (Å²) in [5.74, 6) is 0. The van der Waals surface area contributed by atoms with Crippen LogP contribution in [0.2, 0.25) is 0 Å². The van der Waals surface area contributed by atoms with Gasteiger partial charge >= 0.3 is 0 Å². The van der Waals surface area contributed by atoms with Crippen LogP contribution in [0.4, 0.5) is 5.69 Å². The molecule has 0 bridgehead atoms. The molecule has 4 nitrogen and oxygen atoms in total. The van der Waals surface area contributed by atoms with Crippen molar-refractivity contribution < 1.29 is 10.0 Å². The minimum Gasteiger partial charge on any atom is -0.393 e. The lowest BCUT2D eigenvalue weighted by molar-refractivity contribution is -0.385. The van der Waals surface area contributed by atoms with Crippen LogP contribution in [-0.2, 0) is 12.8 Å². The number of hydrogen-bond donors (Lipinski definition) is 1. The molecule has 0 spiro atoms. The Morgan fingerprint density at radius 2 is 2.05 bits per heavy atom. The second kappa shape index (κ2) is 7.17. The maximum atomic E-state index is 10.9. The number of aryl methyl sites for hydroxylation is 1. The molecule has 0 fully saturated rings. The minimum absolute atomic E-state index is 0.0878. The Kier molecular flexibility index (Phi) is 5.26. The zero-order chi connectivity index (χ0) is 14.4. The molecule has 0 aliphatic heterocycles. The number of nitrogens with zero attached hydrogens (tertiary/aromatic N) is 1. The van der Waals surface area contributed by atoms with Crippen molar-refractivity contribution in [3.8, 4) is 0 Å². The van der Waals surface area contributed by atoms with E-state index >= 15 is 0 Å². The summed E-state index contributed by atoms with van der Waals surface area (Å²) in [6.07, 6.45) is 2.30. The fourth-order valence-electron chi connectivity index (χ4n) is 2.18. The molecule has 1 aromatic carbocycles. The summed E-state index contributed by atoms with van der Waals surface area (Å²) < 4.78 is 0. The molecule has 2 rings (SSSR count). The van der Waals surface area contributed by atoms with E-state index in [9.17, 15) is 15.2 Å². The summed E-state index contributed by atoms with van der Waals surface area (Å²) in [5.41, 5.74) is 0.686. The lowest BCUT2D eigenvalue weighted by Crippen LogP contribution is -2.12. The molecular formula is C15H17NO3S. The fraction of sp³-hybridized carbons (Fsp3) is 0.333. The second-order valence-electron chi connectivity index (χ2n) is 4.72. The highest BCUT2D eigenvalue weighted by Gasteiger charge is 2.15. The summed E-state index contributed by atoms with van der Waals surface area (Å²) in [6, 6.07) is 10.7. The zero-order valence-electron chi connectivity index (χ0n) is 11.1. The summed E-state index contributed by atoms with van der Waals surface area (Å²) in [6.45, 7) is 0. The highest BCUT2D eigenvalue weighted by molar-refractivity contribution is 7.09. The Morgan fingerprint density at radius 3 is 2.75 bits per heavy atom. The Hall–Kier alpha value is -1.72. The molecule has 0 aliphatic carbocycles. The molecule has 0 saturated carbocycles. The first-order valence-corrected chi connectivity index (χ1v) is 7.47. The van der Waals surface area contributed by atoms with E-state index in [-0.39, 0.29) is 5.69 Å². The maximum Gasteiger partial charge on any atom is 0.272 e. The van der Waals surface area contributed by atoms with Crippen molar-refractivity contribution in [2.45, 2.75) is 31.8 Å². The molecule has 0 aliphatic rings. The standard InChI is InChI=1S/C15H17NO3S/c17-13(6-3-7-14-8-4-10-20-14)11-12-5-1-2-9-15(12)16(18)19/h1-2,4-5,8-10,13,17H,3,6-7,11H2. The number of aliphatic hydroxyl groups excluding tert-OH is 1. The van der Waals surface area contributed by atoms with Crippen LogP contribution in [0, 0.1) is 10.1 Å². The largest absolute Gasteiger partial charge is 0.393 e. The number of thiophene rings is 1. The highest BCUT2D eigenvalue weighted by atomic mass is 32.1. The second-order valence-corrected chi connectivity index (χ2v) is 5.75. The van der Waals surface area contributed by atoms with E-state index in [2.05, 4.69) is 6.07 Å². The Morgan fingerprint density at radius 1 is 1.25 bits per heavy atom. The predicted molar refractivity (Wildman–Crippen MR) is 80.1 cm³/mol. The average Bonchev–Trinajstić information content (AvgIpc) is 2.92. The van der Waals surface area contributed by atoms with Crippen molar-refractivity contribution in [3.63, 3.8) is 0 Å². The third kappa shape index (κ3) is 4.15. The van der Waals surface area contributed by atoms with Gasteiger partial charge in [0.15, 0.2) is 0 Å². The first-order chi connectivity index (χ1) is 9.66. The van der Waals surface area contributed by atoms with Gasteiger partial charge in [0, 0.05) is 22.9 Å². The van der Waals surface area contributed by atoms with E-state index in [0.29, 0.717) is 18.4 Å². The first kappa shape index (κ1) is 14.7. The topological polar surface area (TPSA) is 63.4 Å². The van der Waals surface area contributed by atoms with E-state index in [1.165, 1.54) is 10.9 Å². The SMILES string of the molecule is O=[N+]([O-])c1ccccc1CC(O)CCCc1cccs1. The van der Waals surface area contributed by atoms with Crippen LogP contribution in [0.1, 0.15) is 23.3 Å². The van der Waals surface area contributed by atoms with Gasteiger partial charge in [-0.25, -0.2) is 0 Å². The average molecular weight is 291 g/mol. The van der Waals surface area contributed by atoms with Gasteiger partial charge in [-0.2, -0.15) is 0 Å². The Bertz CT molecular complexity index is 554. The van der Waals surface area contributed by atoms with Crippen molar-refractivity contribution in [2.24, 2.45) is 0 Å². The molecular weight excluding hydrogens is 274 g/mol. The van der Waals surface area contributed by atoms with E-state index < -0.39 is 11.0 Å². The fourth-order valence-corrected chi connectivity index (χ4v) is 2.94. The molecule has 1 aromatic heterocycles. The molecule has 20 heavy (non-hydrogen) atoms. The third-order valence-electron chi connectivity index (χ3n) is 3.18. The quantitative estimate of drug-likeness (QED) is 0.626. The predicted octanol–water partition coefficient (Wildman–Crippen LogP) is 3.58. The van der Waals surface area contributed by atoms with Gasteiger partial charge in [-0.15, -0.1) is 11.3 Å². The van der Waals surface area contributed by atoms with Crippen LogP contribution in [0.5, 0.6) is 0 Å². The Balaban J connectivity index is 1.85. The molecule has 1 atom stereocenters. The normalized spacial score (nSPS) is 12.2. The minimum atomic E-state index is -0.531. The van der Waals surface area contributed by atoms with Gasteiger partial charge < -0.3 is 5.11 Å². The summed E-state index contributed by atoms with van der Waals surface area (Å²) in [5, 5.41) is 23.0. The lowest BCUT2D eigenvalue weighted by atomic mass is 10.0. The van der Waals surface area contributed by atoms with Crippen molar-refractivity contribution in [1.82, 2.24) is 0 Å². The molecule has 1 unspecified atom stereocenters. The smallest absolute Gasteiger partial charge is 0.272 e. The number of nitro groups is 1. The molecule has 2 aromatic rings. The van der Waals surface area contributed by atoms with Crippen molar-refractivity contribution >= 4 is 17.0 Å². The number of benzene rings is 1. The van der Waals surface area contributed by atoms with Gasteiger partial charge in [-0.1, -0.05) is 24.3 Å². The zero-order valence-corrected chi connectivity index (χ0v) is 11.9. The van der Waals surface area contributed by atoms with Crippen LogP contribution in [0.25, 0.3) is 0 Å². The van der Waals surface area contributed by atoms with E-state index in [0.717, 1.165) is 12.8 Å². The molecule has 1 N–H and O–H groups in total. The van der Waals surface area contributed by atoms with Crippen molar-refractivity contribution in [1.29, 1.82) is 0 Å². The molecule has 0 saturated heterocycles. The summed E-state index contributed by atoms with van der Waals surface area (Å²) >= 11 is 1.71. The lowest BCUT2D eigenvalue weighted by Gasteiger charge is -2.10. The summed E-state index contributed by atoms with van der Waals surface area (Å²) in [4.78, 5) is 11.8. The van der Waals surface area contributed by atoms with Gasteiger partial charge in [-0.3, -0.25) is 10.1 Å². The number of nitro benzene ring substituents is 1. The van der Waals surface area contributed by atoms with Crippen LogP contribution in [0.15, 0.2) is 41.8 Å². The maximum absolute atomic E-state index is 10.9. The molecule has 1 heterocycles. The number of aliphatic hydroxyl groups is 1. The Labute approximate surface area is 121 Å². The molecule has 0 radical (unpaired) electrons. The molecule has 0 amide bonds. The van der Waals surface area contributed by atoms with Crippen LogP contribution in [0.3, 0.4) is 0 Å². The van der Waals surface area contributed by atoms with Crippen molar-refractivity contribution in [3.05, 3.63) is 62.3 Å². The summed E-state index contributed by atoms with van der Waals surface area (Å²) in [7, 11) is 0. The highest BCUT2D eigenvalue weighted by Crippen LogP contribution is 2.21. The van der Waals surface area contributed by atoms with Gasteiger partial charge in [0.2, 0.25) is 0 Å². The number of para-hydroxylation sites is 1.